The molecule has 8 heteroatoms. The highest BCUT2D eigenvalue weighted by Crippen LogP contribution is 2.38. The molecule has 1 fully saturated rings. The van der Waals surface area contributed by atoms with Crippen LogP contribution in [0.3, 0.4) is 0 Å². The number of benzene rings is 1. The molecular formula is C43H66O7Si. The van der Waals surface area contributed by atoms with Crippen molar-refractivity contribution < 1.29 is 32.9 Å². The smallest absolute Gasteiger partial charge is 0.330 e. The number of hydrogen-bond donors (Lipinski definition) is 0. The molecule has 0 saturated carbocycles. The lowest BCUT2D eigenvalue weighted by atomic mass is 10.0. The first kappa shape index (κ1) is 44.1. The van der Waals surface area contributed by atoms with Gasteiger partial charge in [-0.05, 0) is 95.6 Å². The fourth-order valence-corrected chi connectivity index (χ4v) is 6.46. The molecule has 7 nitrogen and oxygen atoms in total. The molecule has 1 aromatic carbocycles. The third-order valence-electron chi connectivity index (χ3n) is 8.99. The summed E-state index contributed by atoms with van der Waals surface area (Å²) in [5.41, 5.74) is 1.15. The highest BCUT2D eigenvalue weighted by Gasteiger charge is 2.38. The SMILES string of the molecule is CCOC(=O)/C=C\C=C\C[C@@H](/C=C/C=C\C[C@H]1C[C@H](/C=C/C=C/CCC[C@@H](C)OCc2ccc(OC)cc2)OC(C)(C)O1)O[Si](C)(C)C(C)(C)C. The molecule has 0 aliphatic carbocycles. The van der Waals surface area contributed by atoms with Gasteiger partial charge in [-0.15, -0.1) is 0 Å². The molecule has 0 aromatic heterocycles. The van der Waals surface area contributed by atoms with Crippen molar-refractivity contribution in [3.8, 4) is 5.75 Å². The first-order valence-electron chi connectivity index (χ1n) is 18.6. The quantitative estimate of drug-likeness (QED) is 0.0411. The van der Waals surface area contributed by atoms with Gasteiger partial charge in [0, 0.05) is 12.5 Å². The van der Waals surface area contributed by atoms with Gasteiger partial charge in [0.15, 0.2) is 14.1 Å². The summed E-state index contributed by atoms with van der Waals surface area (Å²) in [6.07, 6.45) is 29.6. The zero-order valence-electron chi connectivity index (χ0n) is 33.1. The van der Waals surface area contributed by atoms with E-state index in [1.807, 2.05) is 50.3 Å². The summed E-state index contributed by atoms with van der Waals surface area (Å²) >= 11 is 0. The Balaban J connectivity index is 1.83. The van der Waals surface area contributed by atoms with Crippen molar-refractivity contribution in [3.05, 3.63) is 103 Å². The minimum atomic E-state index is -1.98. The number of ether oxygens (including phenoxy) is 5. The average molecular weight is 723 g/mol. The first-order chi connectivity index (χ1) is 24.1. The Bertz CT molecular complexity index is 1310. The van der Waals surface area contributed by atoms with E-state index in [0.717, 1.165) is 43.4 Å². The molecule has 2 rings (SSSR count). The molecule has 4 atom stereocenters. The van der Waals surface area contributed by atoms with E-state index in [9.17, 15) is 4.79 Å². The van der Waals surface area contributed by atoms with E-state index in [-0.39, 0.29) is 35.4 Å². The monoisotopic (exact) mass is 722 g/mol. The number of rotatable bonds is 21. The van der Waals surface area contributed by atoms with Crippen LogP contribution >= 0.6 is 0 Å². The Labute approximate surface area is 310 Å². The van der Waals surface area contributed by atoms with Crippen LogP contribution in [0.15, 0.2) is 97.2 Å². The van der Waals surface area contributed by atoms with Crippen LogP contribution in [0.2, 0.25) is 18.1 Å². The molecule has 0 unspecified atom stereocenters. The second kappa shape index (κ2) is 22.8. The number of unbranched alkanes of at least 4 members (excludes halogenated alkanes) is 1. The summed E-state index contributed by atoms with van der Waals surface area (Å²) in [6.45, 7) is 20.2. The van der Waals surface area contributed by atoms with Gasteiger partial charge >= 0.3 is 5.97 Å². The summed E-state index contributed by atoms with van der Waals surface area (Å²) in [4.78, 5) is 11.6. The highest BCUT2D eigenvalue weighted by molar-refractivity contribution is 6.74. The predicted molar refractivity (Wildman–Crippen MR) is 212 cm³/mol. The second-order valence-corrected chi connectivity index (χ2v) is 19.7. The van der Waals surface area contributed by atoms with Crippen molar-refractivity contribution in [3.63, 3.8) is 0 Å². The minimum Gasteiger partial charge on any atom is -0.497 e. The second-order valence-electron chi connectivity index (χ2n) is 15.0. The largest absolute Gasteiger partial charge is 0.497 e. The number of allylic oxidation sites excluding steroid dienone is 7. The van der Waals surface area contributed by atoms with Gasteiger partial charge < -0.3 is 28.1 Å². The molecule has 1 saturated heterocycles. The van der Waals surface area contributed by atoms with Crippen LogP contribution in [-0.2, 0) is 34.8 Å². The van der Waals surface area contributed by atoms with E-state index in [1.165, 1.54) is 6.08 Å². The maximum Gasteiger partial charge on any atom is 0.330 e. The Morgan fingerprint density at radius 2 is 1.71 bits per heavy atom. The molecule has 0 spiro atoms. The number of methoxy groups -OCH3 is 1. The Morgan fingerprint density at radius 1 is 1.00 bits per heavy atom. The third-order valence-corrected chi connectivity index (χ3v) is 13.5. The molecule has 0 N–H and O–H groups in total. The molecule has 0 amide bonds. The highest BCUT2D eigenvalue weighted by atomic mass is 28.4. The lowest BCUT2D eigenvalue weighted by Gasteiger charge is -2.39. The van der Waals surface area contributed by atoms with Crippen molar-refractivity contribution in [1.82, 2.24) is 0 Å². The minimum absolute atomic E-state index is 0.00856. The number of carbonyl (C=O) groups excluding carboxylic acids is 1. The van der Waals surface area contributed by atoms with Crippen molar-refractivity contribution >= 4 is 14.3 Å². The zero-order chi connectivity index (χ0) is 37.8. The van der Waals surface area contributed by atoms with Gasteiger partial charge in [0.05, 0.1) is 44.7 Å². The van der Waals surface area contributed by atoms with Crippen molar-refractivity contribution in [2.45, 2.75) is 142 Å². The van der Waals surface area contributed by atoms with Crippen LogP contribution in [-0.4, -0.2) is 58.2 Å². The van der Waals surface area contributed by atoms with Crippen LogP contribution < -0.4 is 4.74 Å². The molecule has 1 heterocycles. The van der Waals surface area contributed by atoms with E-state index in [0.29, 0.717) is 19.6 Å². The fraction of sp³-hybridized carbons (Fsp3) is 0.558. The van der Waals surface area contributed by atoms with Gasteiger partial charge in [0.2, 0.25) is 0 Å². The van der Waals surface area contributed by atoms with Gasteiger partial charge in [-0.2, -0.15) is 0 Å². The van der Waals surface area contributed by atoms with Gasteiger partial charge in [-0.25, -0.2) is 4.79 Å². The molecule has 51 heavy (non-hydrogen) atoms. The van der Waals surface area contributed by atoms with Crippen LogP contribution in [0.1, 0.15) is 92.6 Å². The number of carbonyl (C=O) groups is 1. The van der Waals surface area contributed by atoms with Crippen molar-refractivity contribution in [2.24, 2.45) is 0 Å². The lowest BCUT2D eigenvalue weighted by Crippen LogP contribution is -2.43. The van der Waals surface area contributed by atoms with E-state index in [1.54, 1.807) is 20.1 Å². The van der Waals surface area contributed by atoms with Gasteiger partial charge in [0.1, 0.15) is 5.75 Å². The Morgan fingerprint density at radius 3 is 2.39 bits per heavy atom. The first-order valence-corrected chi connectivity index (χ1v) is 21.5. The molecule has 1 aromatic rings. The topological polar surface area (TPSA) is 72.5 Å². The Kier molecular flexibility index (Phi) is 19.8. The van der Waals surface area contributed by atoms with Crippen LogP contribution in [0.25, 0.3) is 0 Å². The molecule has 0 bridgehead atoms. The van der Waals surface area contributed by atoms with E-state index in [2.05, 4.69) is 89.4 Å². The van der Waals surface area contributed by atoms with E-state index < -0.39 is 14.1 Å². The van der Waals surface area contributed by atoms with E-state index >= 15 is 0 Å². The summed E-state index contributed by atoms with van der Waals surface area (Å²) < 4.78 is 35.3. The Hall–Kier alpha value is -3.01. The van der Waals surface area contributed by atoms with Crippen LogP contribution in [0, 0.1) is 0 Å². The number of esters is 1. The van der Waals surface area contributed by atoms with Crippen LogP contribution in [0.5, 0.6) is 5.75 Å². The van der Waals surface area contributed by atoms with Gasteiger partial charge in [0.25, 0.3) is 0 Å². The van der Waals surface area contributed by atoms with Crippen molar-refractivity contribution in [2.75, 3.05) is 13.7 Å². The normalized spacial score (nSPS) is 20.0. The molecule has 0 radical (unpaired) electrons. The van der Waals surface area contributed by atoms with Gasteiger partial charge in [-0.3, -0.25) is 0 Å². The maximum absolute atomic E-state index is 11.6. The van der Waals surface area contributed by atoms with Gasteiger partial charge in [-0.1, -0.05) is 99.7 Å². The standard InChI is InChI=1S/C43H66O7Si/c1-11-46-41(44)28-22-16-20-25-38(50-51(9,10)42(3,4)5)24-19-15-21-27-40-33-39(48-43(6,7)49-40)26-18-14-12-13-17-23-35(2)47-34-36-29-31-37(45-8)32-30-36/h12,14-16,18-22,24,26,28-32,35,38-40H,11,13,17,23,25,27,33-34H2,1-10H3/b14-12+,20-16+,21-15-,24-19+,26-18+,28-22-/t35-,38-,39+,40+/m1/s1. The fourth-order valence-electron chi connectivity index (χ4n) is 5.17. The summed E-state index contributed by atoms with van der Waals surface area (Å²) in [5.74, 6) is -0.125. The summed E-state index contributed by atoms with van der Waals surface area (Å²) in [6, 6.07) is 8.02. The molecule has 1 aliphatic heterocycles. The third kappa shape index (κ3) is 18.9. The number of hydrogen-bond acceptors (Lipinski definition) is 7. The molecule has 284 valence electrons. The predicted octanol–water partition coefficient (Wildman–Crippen LogP) is 10.8. The van der Waals surface area contributed by atoms with Crippen molar-refractivity contribution in [1.29, 1.82) is 0 Å². The maximum atomic E-state index is 11.6. The summed E-state index contributed by atoms with van der Waals surface area (Å²) in [7, 11) is -0.304. The zero-order valence-corrected chi connectivity index (χ0v) is 34.1. The lowest BCUT2D eigenvalue weighted by molar-refractivity contribution is -0.289. The summed E-state index contributed by atoms with van der Waals surface area (Å²) in [5, 5.41) is 0.101. The average Bonchev–Trinajstić information content (AvgIpc) is 3.05. The van der Waals surface area contributed by atoms with E-state index in [4.69, 9.17) is 28.1 Å². The molecule has 1 aliphatic rings. The van der Waals surface area contributed by atoms with Crippen LogP contribution in [0.4, 0.5) is 0 Å². The molecular weight excluding hydrogens is 657 g/mol.